The summed E-state index contributed by atoms with van der Waals surface area (Å²) >= 11 is 0. The molecule has 2 fully saturated rings. The van der Waals surface area contributed by atoms with Crippen LogP contribution in [0.5, 0.6) is 5.75 Å². The first-order valence-electron chi connectivity index (χ1n) is 10.8. The van der Waals surface area contributed by atoms with E-state index in [1.807, 2.05) is 6.92 Å². The van der Waals surface area contributed by atoms with E-state index in [-0.39, 0.29) is 0 Å². The van der Waals surface area contributed by atoms with Crippen molar-refractivity contribution in [2.75, 3.05) is 50.8 Å². The second-order valence-electron chi connectivity index (χ2n) is 7.94. The number of rotatable bonds is 6. The van der Waals surface area contributed by atoms with Gasteiger partial charge >= 0.3 is 0 Å². The first kappa shape index (κ1) is 19.3. The van der Waals surface area contributed by atoms with E-state index in [9.17, 15) is 0 Å². The molecule has 2 aromatic rings. The molecule has 28 heavy (non-hydrogen) atoms. The zero-order valence-corrected chi connectivity index (χ0v) is 17.1. The molecule has 150 valence electrons. The zero-order chi connectivity index (χ0) is 19.2. The third kappa shape index (κ3) is 4.86. The van der Waals surface area contributed by atoms with Crippen LogP contribution >= 0.6 is 0 Å². The fraction of sp³-hybridized carbons (Fsp3) is 0.500. The van der Waals surface area contributed by atoms with Crippen molar-refractivity contribution in [3.8, 4) is 5.75 Å². The maximum atomic E-state index is 5.55. The van der Waals surface area contributed by atoms with Crippen molar-refractivity contribution in [2.45, 2.75) is 32.4 Å². The smallest absolute Gasteiger partial charge is 0.119 e. The van der Waals surface area contributed by atoms with Gasteiger partial charge in [-0.2, -0.15) is 0 Å². The van der Waals surface area contributed by atoms with Gasteiger partial charge in [-0.05, 0) is 62.7 Å². The average Bonchev–Trinajstić information content (AvgIpc) is 2.77. The molecule has 2 aromatic carbocycles. The molecule has 0 bridgehead atoms. The molecule has 2 saturated heterocycles. The summed E-state index contributed by atoms with van der Waals surface area (Å²) in [5, 5.41) is 0. The average molecular weight is 380 g/mol. The fourth-order valence-electron chi connectivity index (χ4n) is 4.54. The fourth-order valence-corrected chi connectivity index (χ4v) is 4.54. The summed E-state index contributed by atoms with van der Waals surface area (Å²) in [5.41, 5.74) is 2.76. The summed E-state index contributed by atoms with van der Waals surface area (Å²) in [6.45, 7) is 10.9. The number of anilines is 1. The van der Waals surface area contributed by atoms with E-state index in [0.717, 1.165) is 38.0 Å². The summed E-state index contributed by atoms with van der Waals surface area (Å²) in [4.78, 5) is 7.86. The standard InChI is InChI=1S/C24H33N3O/c1-2-28-24-10-8-21(9-11-24)20-25-14-12-23(13-15-25)27-18-16-26(17-19-27)22-6-4-3-5-7-22/h3-11,23H,2,12-20H2,1H3. The molecule has 0 amide bonds. The first-order valence-corrected chi connectivity index (χ1v) is 10.8. The number of hydrogen-bond acceptors (Lipinski definition) is 4. The largest absolute Gasteiger partial charge is 0.494 e. The van der Waals surface area contributed by atoms with Gasteiger partial charge in [0.15, 0.2) is 0 Å². The van der Waals surface area contributed by atoms with Gasteiger partial charge in [-0.15, -0.1) is 0 Å². The molecule has 0 spiro atoms. The predicted octanol–water partition coefficient (Wildman–Crippen LogP) is 3.87. The maximum absolute atomic E-state index is 5.55. The minimum atomic E-state index is 0.729. The van der Waals surface area contributed by atoms with Gasteiger partial charge in [0.25, 0.3) is 0 Å². The quantitative estimate of drug-likeness (QED) is 0.758. The van der Waals surface area contributed by atoms with Crippen molar-refractivity contribution in [3.05, 3.63) is 60.2 Å². The van der Waals surface area contributed by atoms with Crippen LogP contribution in [0.15, 0.2) is 54.6 Å². The lowest BCUT2D eigenvalue weighted by molar-refractivity contribution is 0.0998. The first-order chi connectivity index (χ1) is 13.8. The van der Waals surface area contributed by atoms with E-state index < -0.39 is 0 Å². The Labute approximate surface area is 169 Å². The van der Waals surface area contributed by atoms with Crippen LogP contribution in [0.1, 0.15) is 25.3 Å². The van der Waals surface area contributed by atoms with E-state index >= 15 is 0 Å². The SMILES string of the molecule is CCOc1ccc(CN2CCC(N3CCN(c4ccccc4)CC3)CC2)cc1. The van der Waals surface area contributed by atoms with E-state index in [1.165, 1.54) is 50.3 Å². The Bertz CT molecular complexity index is 702. The molecular weight excluding hydrogens is 346 g/mol. The number of hydrogen-bond donors (Lipinski definition) is 0. The highest BCUT2D eigenvalue weighted by atomic mass is 16.5. The minimum absolute atomic E-state index is 0.729. The van der Waals surface area contributed by atoms with Crippen molar-refractivity contribution in [2.24, 2.45) is 0 Å². The van der Waals surface area contributed by atoms with Crippen LogP contribution in [0, 0.1) is 0 Å². The van der Waals surface area contributed by atoms with E-state index in [1.54, 1.807) is 0 Å². The zero-order valence-electron chi connectivity index (χ0n) is 17.1. The summed E-state index contributed by atoms with van der Waals surface area (Å²) < 4.78 is 5.55. The van der Waals surface area contributed by atoms with Gasteiger partial charge in [-0.1, -0.05) is 30.3 Å². The van der Waals surface area contributed by atoms with Crippen LogP contribution in [0.4, 0.5) is 5.69 Å². The van der Waals surface area contributed by atoms with Crippen molar-refractivity contribution < 1.29 is 4.74 Å². The molecule has 0 aromatic heterocycles. The highest BCUT2D eigenvalue weighted by Gasteiger charge is 2.27. The molecule has 4 heteroatoms. The van der Waals surface area contributed by atoms with Crippen molar-refractivity contribution in [1.82, 2.24) is 9.80 Å². The third-order valence-corrected chi connectivity index (χ3v) is 6.15. The predicted molar refractivity (Wildman–Crippen MR) is 116 cm³/mol. The minimum Gasteiger partial charge on any atom is -0.494 e. The van der Waals surface area contributed by atoms with Gasteiger partial charge in [0.05, 0.1) is 6.61 Å². The lowest BCUT2D eigenvalue weighted by Crippen LogP contribution is -2.53. The molecule has 2 heterocycles. The molecule has 2 aliphatic heterocycles. The highest BCUT2D eigenvalue weighted by Crippen LogP contribution is 2.22. The van der Waals surface area contributed by atoms with Gasteiger partial charge in [0, 0.05) is 44.5 Å². The number of nitrogens with zero attached hydrogens (tertiary/aromatic N) is 3. The number of para-hydroxylation sites is 1. The Balaban J connectivity index is 1.21. The molecule has 2 aliphatic rings. The molecule has 0 aliphatic carbocycles. The Morgan fingerprint density at radius 1 is 0.821 bits per heavy atom. The third-order valence-electron chi connectivity index (χ3n) is 6.15. The lowest BCUT2D eigenvalue weighted by atomic mass is 10.0. The van der Waals surface area contributed by atoms with E-state index in [0.29, 0.717) is 0 Å². The second kappa shape index (κ2) is 9.44. The number of piperazine rings is 1. The Morgan fingerprint density at radius 3 is 2.14 bits per heavy atom. The second-order valence-corrected chi connectivity index (χ2v) is 7.94. The van der Waals surface area contributed by atoms with Crippen molar-refractivity contribution in [3.63, 3.8) is 0 Å². The van der Waals surface area contributed by atoms with Gasteiger partial charge < -0.3 is 9.64 Å². The van der Waals surface area contributed by atoms with Gasteiger partial charge in [-0.25, -0.2) is 0 Å². The van der Waals surface area contributed by atoms with Crippen LogP contribution in [-0.4, -0.2) is 61.7 Å². The topological polar surface area (TPSA) is 19.0 Å². The molecule has 0 radical (unpaired) electrons. The van der Waals surface area contributed by atoms with Crippen LogP contribution in [0.2, 0.25) is 0 Å². The summed E-state index contributed by atoms with van der Waals surface area (Å²) in [5.74, 6) is 0.972. The number of benzene rings is 2. The molecule has 0 unspecified atom stereocenters. The Kier molecular flexibility index (Phi) is 6.50. The van der Waals surface area contributed by atoms with Gasteiger partial charge in [0.1, 0.15) is 5.75 Å². The Hall–Kier alpha value is -2.04. The maximum Gasteiger partial charge on any atom is 0.119 e. The Morgan fingerprint density at radius 2 is 1.50 bits per heavy atom. The lowest BCUT2D eigenvalue weighted by Gasteiger charge is -2.43. The number of piperidine rings is 1. The molecule has 0 saturated carbocycles. The summed E-state index contributed by atoms with van der Waals surface area (Å²) in [7, 11) is 0. The van der Waals surface area contributed by atoms with Gasteiger partial charge in [0.2, 0.25) is 0 Å². The number of likely N-dealkylation sites (tertiary alicyclic amines) is 1. The molecule has 4 nitrogen and oxygen atoms in total. The van der Waals surface area contributed by atoms with E-state index in [2.05, 4.69) is 69.3 Å². The van der Waals surface area contributed by atoms with E-state index in [4.69, 9.17) is 4.74 Å². The number of ether oxygens (including phenoxy) is 1. The monoisotopic (exact) mass is 379 g/mol. The van der Waals surface area contributed by atoms with Crippen LogP contribution < -0.4 is 9.64 Å². The van der Waals surface area contributed by atoms with Crippen LogP contribution in [-0.2, 0) is 6.54 Å². The van der Waals surface area contributed by atoms with Crippen LogP contribution in [0.25, 0.3) is 0 Å². The highest BCUT2D eigenvalue weighted by molar-refractivity contribution is 5.46. The molecule has 0 N–H and O–H groups in total. The normalized spacial score (nSPS) is 19.7. The van der Waals surface area contributed by atoms with Gasteiger partial charge in [-0.3, -0.25) is 9.80 Å². The molecule has 4 rings (SSSR count). The molecule has 0 atom stereocenters. The van der Waals surface area contributed by atoms with Crippen molar-refractivity contribution >= 4 is 5.69 Å². The molecular formula is C24H33N3O. The van der Waals surface area contributed by atoms with Crippen molar-refractivity contribution in [1.29, 1.82) is 0 Å². The summed E-state index contributed by atoms with van der Waals surface area (Å²) in [6.07, 6.45) is 2.59. The summed E-state index contributed by atoms with van der Waals surface area (Å²) in [6, 6.07) is 20.2. The van der Waals surface area contributed by atoms with Crippen LogP contribution in [0.3, 0.4) is 0 Å².